The van der Waals surface area contributed by atoms with E-state index in [-0.39, 0.29) is 11.9 Å². The van der Waals surface area contributed by atoms with Crippen LogP contribution in [0, 0.1) is 5.82 Å². The fourth-order valence-electron chi connectivity index (χ4n) is 3.69. The average Bonchev–Trinajstić information content (AvgIpc) is 2.80. The van der Waals surface area contributed by atoms with Crippen LogP contribution in [-0.2, 0) is 4.74 Å². The molecule has 2 N–H and O–H groups in total. The minimum Gasteiger partial charge on any atom is -0.371 e. The highest BCUT2D eigenvalue weighted by atomic mass is 19.1. The second-order valence-corrected chi connectivity index (χ2v) is 7.26. The molecule has 0 bridgehead atoms. The molecule has 0 saturated carbocycles. The van der Waals surface area contributed by atoms with Crippen molar-refractivity contribution < 1.29 is 9.13 Å². The Hall–Kier alpha value is -3.35. The lowest BCUT2D eigenvalue weighted by molar-refractivity contribution is 0.0277. The van der Waals surface area contributed by atoms with Crippen molar-refractivity contribution in [2.24, 2.45) is 0 Å². The summed E-state index contributed by atoms with van der Waals surface area (Å²) in [5.41, 5.74) is 4.47. The fraction of sp³-hybridized carbons (Fsp3) is 0.167. The van der Waals surface area contributed by atoms with Crippen molar-refractivity contribution in [1.29, 1.82) is 0 Å². The van der Waals surface area contributed by atoms with Crippen LogP contribution in [0.2, 0.25) is 0 Å². The Kier molecular flexibility index (Phi) is 5.09. The fourth-order valence-corrected chi connectivity index (χ4v) is 3.69. The zero-order valence-electron chi connectivity index (χ0n) is 16.3. The van der Waals surface area contributed by atoms with Crippen molar-refractivity contribution in [3.63, 3.8) is 0 Å². The maximum atomic E-state index is 13.7. The van der Waals surface area contributed by atoms with Gasteiger partial charge >= 0.3 is 0 Å². The Morgan fingerprint density at radius 2 is 1.90 bits per heavy atom. The van der Waals surface area contributed by atoms with Gasteiger partial charge in [0.2, 0.25) is 5.95 Å². The first-order chi connectivity index (χ1) is 14.8. The summed E-state index contributed by atoms with van der Waals surface area (Å²) in [6.07, 6.45) is 1.86. The van der Waals surface area contributed by atoms with E-state index >= 15 is 0 Å². The van der Waals surface area contributed by atoms with Crippen LogP contribution < -0.4 is 10.6 Å². The number of hydrogen-bond donors (Lipinski definition) is 2. The lowest BCUT2D eigenvalue weighted by Crippen LogP contribution is -2.33. The summed E-state index contributed by atoms with van der Waals surface area (Å²) in [5, 5.41) is 7.51. The summed E-state index contributed by atoms with van der Waals surface area (Å²) in [7, 11) is 0. The number of ether oxygens (including phenoxy) is 1. The molecule has 0 amide bonds. The lowest BCUT2D eigenvalue weighted by Gasteiger charge is -2.24. The predicted molar refractivity (Wildman–Crippen MR) is 116 cm³/mol. The molecule has 1 unspecified atom stereocenters. The van der Waals surface area contributed by atoms with Crippen molar-refractivity contribution in [3.05, 3.63) is 84.3 Å². The smallest absolute Gasteiger partial charge is 0.227 e. The Morgan fingerprint density at radius 1 is 1.03 bits per heavy atom. The molecular weight excluding hydrogens is 379 g/mol. The normalized spacial score (nSPS) is 16.5. The van der Waals surface area contributed by atoms with Gasteiger partial charge in [-0.15, -0.1) is 0 Å². The van der Waals surface area contributed by atoms with E-state index in [1.807, 2.05) is 36.4 Å². The highest BCUT2D eigenvalue weighted by molar-refractivity contribution is 5.93. The topological polar surface area (TPSA) is 59.1 Å². The Balaban J connectivity index is 1.43. The van der Waals surface area contributed by atoms with Gasteiger partial charge in [-0.3, -0.25) is 0 Å². The number of fused-ring (bicyclic) bond motifs is 1. The van der Waals surface area contributed by atoms with E-state index in [1.165, 1.54) is 12.1 Å². The zero-order chi connectivity index (χ0) is 20.3. The lowest BCUT2D eigenvalue weighted by atomic mass is 10.0. The van der Waals surface area contributed by atoms with Gasteiger partial charge in [0.15, 0.2) is 0 Å². The average molecular weight is 400 g/mol. The Bertz CT molecular complexity index is 1170. The van der Waals surface area contributed by atoms with Gasteiger partial charge in [-0.1, -0.05) is 42.5 Å². The minimum atomic E-state index is -0.269. The summed E-state index contributed by atoms with van der Waals surface area (Å²) < 4.78 is 19.5. The molecule has 2 heterocycles. The van der Waals surface area contributed by atoms with Crippen LogP contribution in [0.15, 0.2) is 72.9 Å². The van der Waals surface area contributed by atoms with Gasteiger partial charge in [0.25, 0.3) is 0 Å². The molecule has 1 aromatic heterocycles. The molecule has 1 aliphatic heterocycles. The van der Waals surface area contributed by atoms with E-state index in [9.17, 15) is 4.39 Å². The second kappa shape index (κ2) is 8.18. The SMILES string of the molecule is Fc1cccc(-c2cccc3cnc(Nc4ccc(C5CNCCO5)cc4)nc23)c1. The van der Waals surface area contributed by atoms with E-state index in [4.69, 9.17) is 9.72 Å². The number of nitrogens with zero attached hydrogens (tertiary/aromatic N) is 2. The van der Waals surface area contributed by atoms with Crippen molar-refractivity contribution in [1.82, 2.24) is 15.3 Å². The standard InChI is InChI=1S/C24H21FN4O/c25-19-5-1-3-17(13-19)21-6-2-4-18-14-27-24(29-23(18)21)28-20-9-7-16(8-10-20)22-15-26-11-12-30-22/h1-10,13-14,22,26H,11-12,15H2,(H,27,28,29). The van der Waals surface area contributed by atoms with Crippen LogP contribution >= 0.6 is 0 Å². The van der Waals surface area contributed by atoms with Crippen LogP contribution in [0.25, 0.3) is 22.0 Å². The molecule has 1 aliphatic rings. The summed E-state index contributed by atoms with van der Waals surface area (Å²) >= 11 is 0. The molecule has 3 aromatic carbocycles. The molecule has 0 aliphatic carbocycles. The summed E-state index contributed by atoms with van der Waals surface area (Å²) in [4.78, 5) is 9.15. The van der Waals surface area contributed by atoms with Gasteiger partial charge in [0.05, 0.1) is 18.2 Å². The highest BCUT2D eigenvalue weighted by Gasteiger charge is 2.15. The largest absolute Gasteiger partial charge is 0.371 e. The number of benzene rings is 3. The van der Waals surface area contributed by atoms with Gasteiger partial charge in [-0.05, 0) is 35.4 Å². The molecule has 1 saturated heterocycles. The molecule has 0 radical (unpaired) electrons. The van der Waals surface area contributed by atoms with Crippen molar-refractivity contribution in [2.75, 3.05) is 25.0 Å². The molecule has 5 nitrogen and oxygen atoms in total. The number of morpholine rings is 1. The number of para-hydroxylation sites is 1. The van der Waals surface area contributed by atoms with Crippen LogP contribution in [-0.4, -0.2) is 29.7 Å². The number of halogens is 1. The molecule has 4 aromatic rings. The van der Waals surface area contributed by atoms with Crippen LogP contribution in [0.1, 0.15) is 11.7 Å². The van der Waals surface area contributed by atoms with Crippen LogP contribution in [0.3, 0.4) is 0 Å². The predicted octanol–water partition coefficient (Wildman–Crippen LogP) is 4.84. The second-order valence-electron chi connectivity index (χ2n) is 7.26. The third-order valence-corrected chi connectivity index (χ3v) is 5.21. The maximum Gasteiger partial charge on any atom is 0.227 e. The molecule has 30 heavy (non-hydrogen) atoms. The number of nitrogens with one attached hydrogen (secondary N) is 2. The highest BCUT2D eigenvalue weighted by Crippen LogP contribution is 2.29. The van der Waals surface area contributed by atoms with E-state index in [0.717, 1.165) is 53.0 Å². The number of rotatable bonds is 4. The van der Waals surface area contributed by atoms with Crippen molar-refractivity contribution in [3.8, 4) is 11.1 Å². The first-order valence-electron chi connectivity index (χ1n) is 9.97. The molecule has 1 atom stereocenters. The molecule has 1 fully saturated rings. The zero-order valence-corrected chi connectivity index (χ0v) is 16.3. The number of hydrogen-bond acceptors (Lipinski definition) is 5. The monoisotopic (exact) mass is 400 g/mol. The van der Waals surface area contributed by atoms with Gasteiger partial charge in [0, 0.05) is 35.9 Å². The van der Waals surface area contributed by atoms with E-state index in [0.29, 0.717) is 5.95 Å². The first kappa shape index (κ1) is 18.7. The van der Waals surface area contributed by atoms with Crippen LogP contribution in [0.5, 0.6) is 0 Å². The van der Waals surface area contributed by atoms with Crippen molar-refractivity contribution >= 4 is 22.5 Å². The van der Waals surface area contributed by atoms with Gasteiger partial charge in [0.1, 0.15) is 5.82 Å². The van der Waals surface area contributed by atoms with E-state index in [2.05, 4.69) is 27.8 Å². The third kappa shape index (κ3) is 3.87. The molecular formula is C24H21FN4O. The Morgan fingerprint density at radius 3 is 2.70 bits per heavy atom. The first-order valence-corrected chi connectivity index (χ1v) is 9.97. The molecule has 6 heteroatoms. The van der Waals surface area contributed by atoms with Gasteiger partial charge in [-0.25, -0.2) is 14.4 Å². The summed E-state index contributed by atoms with van der Waals surface area (Å²) in [6.45, 7) is 2.44. The van der Waals surface area contributed by atoms with Crippen LogP contribution in [0.4, 0.5) is 16.0 Å². The number of anilines is 2. The Labute approximate surface area is 173 Å². The van der Waals surface area contributed by atoms with E-state index < -0.39 is 0 Å². The summed E-state index contributed by atoms with van der Waals surface area (Å²) in [6, 6.07) is 20.5. The molecule has 5 rings (SSSR count). The minimum absolute atomic E-state index is 0.0820. The molecule has 0 spiro atoms. The summed E-state index contributed by atoms with van der Waals surface area (Å²) in [5.74, 6) is 0.226. The van der Waals surface area contributed by atoms with Crippen molar-refractivity contribution in [2.45, 2.75) is 6.10 Å². The van der Waals surface area contributed by atoms with Gasteiger partial charge < -0.3 is 15.4 Å². The quantitative estimate of drug-likeness (QED) is 0.513. The van der Waals surface area contributed by atoms with Gasteiger partial charge in [-0.2, -0.15) is 0 Å². The molecule has 150 valence electrons. The maximum absolute atomic E-state index is 13.7. The number of aromatic nitrogens is 2. The third-order valence-electron chi connectivity index (χ3n) is 5.21. The van der Waals surface area contributed by atoms with E-state index in [1.54, 1.807) is 12.3 Å².